The van der Waals surface area contributed by atoms with Gasteiger partial charge in [0.25, 0.3) is 0 Å². The molecule has 1 aromatic carbocycles. The van der Waals surface area contributed by atoms with Crippen molar-refractivity contribution in [3.8, 4) is 0 Å². The molecule has 1 aromatic heterocycles. The lowest BCUT2D eigenvalue weighted by Crippen LogP contribution is -2.11. The number of carbonyl (C=O) groups excluding carboxylic acids is 1. The first-order chi connectivity index (χ1) is 8.38. The molecule has 0 unspecified atom stereocenters. The summed E-state index contributed by atoms with van der Waals surface area (Å²) in [6.45, 7) is 6.43. The molecule has 2 aromatic rings. The molecule has 0 spiro atoms. The second-order valence-corrected chi connectivity index (χ2v) is 6.12. The van der Waals surface area contributed by atoms with Crippen molar-refractivity contribution in [1.29, 1.82) is 0 Å². The first kappa shape index (κ1) is 12.8. The van der Waals surface area contributed by atoms with Gasteiger partial charge in [-0.1, -0.05) is 45.0 Å². The molecule has 0 amide bonds. The molecule has 0 fully saturated rings. The van der Waals surface area contributed by atoms with Crippen LogP contribution in [-0.4, -0.2) is 10.8 Å². The number of hydrogen-bond donors (Lipinski definition) is 1. The van der Waals surface area contributed by atoms with E-state index in [2.05, 4.69) is 25.8 Å². The first-order valence-corrected chi connectivity index (χ1v) is 6.62. The van der Waals surface area contributed by atoms with Crippen LogP contribution in [0.25, 0.3) is 0 Å². The minimum absolute atomic E-state index is 0.0802. The molecule has 0 bridgehead atoms. The minimum Gasteiger partial charge on any atom is -0.375 e. The summed E-state index contributed by atoms with van der Waals surface area (Å²) < 4.78 is 0. The summed E-state index contributed by atoms with van der Waals surface area (Å²) in [5, 5.41) is 2.11. The molecule has 3 nitrogen and oxygen atoms in total. The number of aromatic nitrogens is 1. The average molecular weight is 260 g/mol. The number of ketones is 1. The van der Waals surface area contributed by atoms with Gasteiger partial charge < -0.3 is 5.73 Å². The van der Waals surface area contributed by atoms with Crippen LogP contribution in [0.1, 0.15) is 42.4 Å². The summed E-state index contributed by atoms with van der Waals surface area (Å²) in [6, 6.07) is 7.67. The van der Waals surface area contributed by atoms with Crippen LogP contribution in [-0.2, 0) is 5.41 Å². The molecular formula is C14H16N2OS. The zero-order valence-corrected chi connectivity index (χ0v) is 11.5. The lowest BCUT2D eigenvalue weighted by atomic mass is 9.86. The summed E-state index contributed by atoms with van der Waals surface area (Å²) in [6.07, 6.45) is 0. The van der Waals surface area contributed by atoms with E-state index in [1.54, 1.807) is 5.38 Å². The van der Waals surface area contributed by atoms with E-state index in [1.807, 2.05) is 24.3 Å². The molecule has 94 valence electrons. The van der Waals surface area contributed by atoms with E-state index in [4.69, 9.17) is 5.73 Å². The fourth-order valence-corrected chi connectivity index (χ4v) is 2.20. The van der Waals surface area contributed by atoms with Gasteiger partial charge in [-0.15, -0.1) is 11.3 Å². The summed E-state index contributed by atoms with van der Waals surface area (Å²) in [5.74, 6) is -0.0802. The number of hydrogen-bond acceptors (Lipinski definition) is 4. The number of nitrogen functional groups attached to an aromatic ring is 1. The van der Waals surface area contributed by atoms with E-state index < -0.39 is 0 Å². The Morgan fingerprint density at radius 1 is 1.22 bits per heavy atom. The third kappa shape index (κ3) is 2.59. The van der Waals surface area contributed by atoms with Gasteiger partial charge in [-0.2, -0.15) is 0 Å². The van der Waals surface area contributed by atoms with Crippen molar-refractivity contribution in [2.24, 2.45) is 0 Å². The Morgan fingerprint density at radius 3 is 2.28 bits per heavy atom. The molecule has 2 N–H and O–H groups in total. The van der Waals surface area contributed by atoms with Crippen LogP contribution in [0.2, 0.25) is 0 Å². The Morgan fingerprint density at radius 2 is 1.83 bits per heavy atom. The fraction of sp³-hybridized carbons (Fsp3) is 0.286. The van der Waals surface area contributed by atoms with Crippen molar-refractivity contribution in [2.45, 2.75) is 26.2 Å². The standard InChI is InChI=1S/C14H16N2OS/c1-14(2,3)10-6-4-9(5-7-10)12(17)11-8-18-13(15)16-11/h4-8H,1-3H3,(H2,15,16). The van der Waals surface area contributed by atoms with Gasteiger partial charge in [0.05, 0.1) is 0 Å². The van der Waals surface area contributed by atoms with Crippen LogP contribution < -0.4 is 5.73 Å². The number of anilines is 1. The van der Waals surface area contributed by atoms with Crippen LogP contribution in [0.4, 0.5) is 5.13 Å². The van der Waals surface area contributed by atoms with Crippen molar-refractivity contribution in [3.05, 3.63) is 46.5 Å². The normalized spacial score (nSPS) is 11.5. The zero-order valence-electron chi connectivity index (χ0n) is 10.7. The Kier molecular flexibility index (Phi) is 3.22. The van der Waals surface area contributed by atoms with Crippen molar-refractivity contribution < 1.29 is 4.79 Å². The molecule has 2 rings (SSSR count). The maximum atomic E-state index is 12.1. The van der Waals surface area contributed by atoms with E-state index in [-0.39, 0.29) is 11.2 Å². The van der Waals surface area contributed by atoms with Gasteiger partial charge in [0.1, 0.15) is 5.69 Å². The molecule has 0 saturated heterocycles. The molecule has 0 aliphatic heterocycles. The van der Waals surface area contributed by atoms with Crippen molar-refractivity contribution >= 4 is 22.3 Å². The van der Waals surface area contributed by atoms with Crippen LogP contribution in [0, 0.1) is 0 Å². The average Bonchev–Trinajstić information content (AvgIpc) is 2.74. The predicted octanol–water partition coefficient (Wildman–Crippen LogP) is 3.25. The highest BCUT2D eigenvalue weighted by Crippen LogP contribution is 2.23. The maximum Gasteiger partial charge on any atom is 0.212 e. The van der Waals surface area contributed by atoms with E-state index in [1.165, 1.54) is 16.9 Å². The quantitative estimate of drug-likeness (QED) is 0.843. The Hall–Kier alpha value is -1.68. The highest BCUT2D eigenvalue weighted by atomic mass is 32.1. The first-order valence-electron chi connectivity index (χ1n) is 5.74. The lowest BCUT2D eigenvalue weighted by Gasteiger charge is -2.18. The summed E-state index contributed by atoms with van der Waals surface area (Å²) in [4.78, 5) is 16.1. The lowest BCUT2D eigenvalue weighted by molar-refractivity contribution is 0.103. The molecule has 0 saturated carbocycles. The minimum atomic E-state index is -0.0802. The largest absolute Gasteiger partial charge is 0.375 e. The van der Waals surface area contributed by atoms with Gasteiger partial charge >= 0.3 is 0 Å². The highest BCUT2D eigenvalue weighted by molar-refractivity contribution is 7.13. The van der Waals surface area contributed by atoms with Crippen LogP contribution in [0.15, 0.2) is 29.6 Å². The number of thiazole rings is 1. The van der Waals surface area contributed by atoms with Crippen molar-refractivity contribution in [3.63, 3.8) is 0 Å². The van der Waals surface area contributed by atoms with Crippen LogP contribution in [0.5, 0.6) is 0 Å². The van der Waals surface area contributed by atoms with Crippen molar-refractivity contribution in [1.82, 2.24) is 4.98 Å². The SMILES string of the molecule is CC(C)(C)c1ccc(C(=O)c2csc(N)n2)cc1. The van der Waals surface area contributed by atoms with Crippen LogP contribution >= 0.6 is 11.3 Å². The van der Waals surface area contributed by atoms with Gasteiger partial charge in [0.2, 0.25) is 5.78 Å². The fourth-order valence-electron chi connectivity index (χ4n) is 1.66. The maximum absolute atomic E-state index is 12.1. The molecular weight excluding hydrogens is 244 g/mol. The molecule has 4 heteroatoms. The number of nitrogens with zero attached hydrogens (tertiary/aromatic N) is 1. The molecule has 1 heterocycles. The Bertz CT molecular complexity index is 564. The van der Waals surface area contributed by atoms with Gasteiger partial charge in [0, 0.05) is 10.9 Å². The second-order valence-electron chi connectivity index (χ2n) is 5.23. The van der Waals surface area contributed by atoms with E-state index in [0.717, 1.165) is 0 Å². The summed E-state index contributed by atoms with van der Waals surface area (Å²) >= 11 is 1.28. The number of carbonyl (C=O) groups is 1. The van der Waals surface area contributed by atoms with Gasteiger partial charge in [-0.05, 0) is 11.0 Å². The number of nitrogens with two attached hydrogens (primary N) is 1. The molecule has 0 radical (unpaired) electrons. The van der Waals surface area contributed by atoms with E-state index >= 15 is 0 Å². The molecule has 0 atom stereocenters. The monoisotopic (exact) mass is 260 g/mol. The molecule has 0 aliphatic carbocycles. The second kappa shape index (κ2) is 4.53. The Labute approximate surface area is 111 Å². The topological polar surface area (TPSA) is 56.0 Å². The highest BCUT2D eigenvalue weighted by Gasteiger charge is 2.16. The predicted molar refractivity (Wildman–Crippen MR) is 75.1 cm³/mol. The van der Waals surface area contributed by atoms with E-state index in [9.17, 15) is 4.79 Å². The van der Waals surface area contributed by atoms with Crippen LogP contribution in [0.3, 0.4) is 0 Å². The third-order valence-electron chi connectivity index (χ3n) is 2.77. The molecule has 18 heavy (non-hydrogen) atoms. The number of rotatable bonds is 2. The third-order valence-corrected chi connectivity index (χ3v) is 3.44. The van der Waals surface area contributed by atoms with Gasteiger partial charge in [-0.3, -0.25) is 4.79 Å². The van der Waals surface area contributed by atoms with E-state index in [0.29, 0.717) is 16.4 Å². The van der Waals surface area contributed by atoms with Gasteiger partial charge in [-0.25, -0.2) is 4.98 Å². The Balaban J connectivity index is 2.28. The summed E-state index contributed by atoms with van der Waals surface area (Å²) in [7, 11) is 0. The van der Waals surface area contributed by atoms with Gasteiger partial charge in [0.15, 0.2) is 5.13 Å². The smallest absolute Gasteiger partial charge is 0.212 e. The molecule has 0 aliphatic rings. The van der Waals surface area contributed by atoms with Crippen molar-refractivity contribution in [2.75, 3.05) is 5.73 Å². The number of benzene rings is 1. The summed E-state index contributed by atoms with van der Waals surface area (Å²) in [5.41, 5.74) is 7.89. The zero-order chi connectivity index (χ0) is 13.3.